The summed E-state index contributed by atoms with van der Waals surface area (Å²) < 4.78 is 1.72. The van der Waals surface area contributed by atoms with Crippen molar-refractivity contribution in [3.63, 3.8) is 0 Å². The number of nitrogens with two attached hydrogens (primary N) is 1. The van der Waals surface area contributed by atoms with E-state index < -0.39 is 0 Å². The molecule has 6 heteroatoms. The van der Waals surface area contributed by atoms with Gasteiger partial charge in [0.25, 0.3) is 5.91 Å². The smallest absolute Gasteiger partial charge is 0.253 e. The highest BCUT2D eigenvalue weighted by Crippen LogP contribution is 2.11. The van der Waals surface area contributed by atoms with E-state index in [1.807, 2.05) is 13.2 Å². The number of nitrogens with zero attached hydrogens (tertiary/aromatic N) is 3. The first kappa shape index (κ1) is 13.1. The maximum atomic E-state index is 12.2. The third-order valence-corrected chi connectivity index (χ3v) is 2.82. The van der Waals surface area contributed by atoms with Crippen molar-refractivity contribution in [3.8, 4) is 0 Å². The van der Waals surface area contributed by atoms with Gasteiger partial charge in [-0.1, -0.05) is 0 Å². The molecule has 0 aliphatic heterocycles. The van der Waals surface area contributed by atoms with Crippen LogP contribution in [-0.2, 0) is 13.6 Å². The van der Waals surface area contributed by atoms with Crippen LogP contribution in [0.4, 0.5) is 5.69 Å². The minimum absolute atomic E-state index is 0.0348. The van der Waals surface area contributed by atoms with Gasteiger partial charge in [0.1, 0.15) is 0 Å². The van der Waals surface area contributed by atoms with Gasteiger partial charge in [0.2, 0.25) is 0 Å². The minimum atomic E-state index is -0.0348. The lowest BCUT2D eigenvalue weighted by Crippen LogP contribution is -2.26. The Balaban J connectivity index is 2.05. The van der Waals surface area contributed by atoms with E-state index in [2.05, 4.69) is 10.5 Å². The van der Waals surface area contributed by atoms with Crippen LogP contribution in [0.5, 0.6) is 0 Å². The SMILES string of the molecule is CN(Cc1cnn(C)c1)C(=O)c1ccc(NN)cc1. The van der Waals surface area contributed by atoms with Gasteiger partial charge in [-0.15, -0.1) is 0 Å². The van der Waals surface area contributed by atoms with Crippen LogP contribution in [0, 0.1) is 0 Å². The number of hydrogen-bond donors (Lipinski definition) is 2. The Kier molecular flexibility index (Phi) is 3.82. The molecule has 1 amide bonds. The number of aryl methyl sites for hydroxylation is 1. The Labute approximate surface area is 111 Å². The molecule has 0 saturated heterocycles. The average Bonchev–Trinajstić information content (AvgIpc) is 2.83. The molecule has 0 fully saturated rings. The zero-order chi connectivity index (χ0) is 13.8. The van der Waals surface area contributed by atoms with Gasteiger partial charge >= 0.3 is 0 Å². The van der Waals surface area contributed by atoms with Crippen molar-refractivity contribution in [1.29, 1.82) is 0 Å². The monoisotopic (exact) mass is 259 g/mol. The molecule has 3 N–H and O–H groups in total. The number of hydrazine groups is 1. The second kappa shape index (κ2) is 5.53. The van der Waals surface area contributed by atoms with E-state index in [9.17, 15) is 4.79 Å². The van der Waals surface area contributed by atoms with Gasteiger partial charge in [-0.2, -0.15) is 5.10 Å². The van der Waals surface area contributed by atoms with Crippen LogP contribution in [0.2, 0.25) is 0 Å². The Morgan fingerprint density at radius 3 is 2.63 bits per heavy atom. The van der Waals surface area contributed by atoms with E-state index in [1.54, 1.807) is 47.1 Å². The van der Waals surface area contributed by atoms with Crippen LogP contribution in [0.1, 0.15) is 15.9 Å². The zero-order valence-electron chi connectivity index (χ0n) is 11.0. The first-order chi connectivity index (χ1) is 9.10. The molecule has 0 aliphatic carbocycles. The summed E-state index contributed by atoms with van der Waals surface area (Å²) in [6, 6.07) is 7.03. The fraction of sp³-hybridized carbons (Fsp3) is 0.231. The first-order valence-electron chi connectivity index (χ1n) is 5.90. The van der Waals surface area contributed by atoms with Crippen LogP contribution in [0.15, 0.2) is 36.7 Å². The summed E-state index contributed by atoms with van der Waals surface area (Å²) in [5.41, 5.74) is 4.93. The summed E-state index contributed by atoms with van der Waals surface area (Å²) in [7, 11) is 3.62. The number of hydrogen-bond acceptors (Lipinski definition) is 4. The van der Waals surface area contributed by atoms with E-state index in [-0.39, 0.29) is 5.91 Å². The van der Waals surface area contributed by atoms with Gasteiger partial charge in [-0.25, -0.2) is 0 Å². The number of carbonyl (C=O) groups excluding carboxylic acids is 1. The van der Waals surface area contributed by atoms with Crippen molar-refractivity contribution >= 4 is 11.6 Å². The standard InChI is InChI=1S/C13H17N5O/c1-17(8-10-7-15-18(2)9-10)13(19)11-3-5-12(16-14)6-4-11/h3-7,9,16H,8,14H2,1-2H3. The number of amides is 1. The third-order valence-electron chi connectivity index (χ3n) is 2.82. The molecule has 2 rings (SSSR count). The molecule has 19 heavy (non-hydrogen) atoms. The Bertz CT molecular complexity index is 561. The van der Waals surface area contributed by atoms with Crippen LogP contribution in [0.3, 0.4) is 0 Å². The number of benzene rings is 1. The topological polar surface area (TPSA) is 76.2 Å². The molecular weight excluding hydrogens is 242 g/mol. The fourth-order valence-electron chi connectivity index (χ4n) is 1.83. The highest BCUT2D eigenvalue weighted by atomic mass is 16.2. The summed E-state index contributed by atoms with van der Waals surface area (Å²) in [5, 5.41) is 4.08. The molecule has 0 atom stereocenters. The van der Waals surface area contributed by atoms with Crippen LogP contribution in [-0.4, -0.2) is 27.6 Å². The molecular formula is C13H17N5O. The molecule has 0 spiro atoms. The third kappa shape index (κ3) is 3.11. The molecule has 0 saturated carbocycles. The quantitative estimate of drug-likeness (QED) is 0.634. The van der Waals surface area contributed by atoms with Crippen molar-refractivity contribution in [1.82, 2.24) is 14.7 Å². The summed E-state index contributed by atoms with van der Waals surface area (Å²) in [6.07, 6.45) is 3.65. The van der Waals surface area contributed by atoms with E-state index in [4.69, 9.17) is 5.84 Å². The predicted molar refractivity (Wildman–Crippen MR) is 73.3 cm³/mol. The van der Waals surface area contributed by atoms with E-state index in [0.717, 1.165) is 11.3 Å². The second-order valence-electron chi connectivity index (χ2n) is 4.41. The van der Waals surface area contributed by atoms with Gasteiger partial charge in [0.05, 0.1) is 6.20 Å². The predicted octanol–water partition coefficient (Wildman–Crippen LogP) is 0.978. The Morgan fingerprint density at radius 1 is 1.42 bits per heavy atom. The summed E-state index contributed by atoms with van der Waals surface area (Å²) >= 11 is 0. The van der Waals surface area contributed by atoms with Gasteiger partial charge in [-0.3, -0.25) is 15.3 Å². The van der Waals surface area contributed by atoms with E-state index in [0.29, 0.717) is 12.1 Å². The molecule has 2 aromatic rings. The molecule has 0 radical (unpaired) electrons. The molecule has 0 aliphatic rings. The number of anilines is 1. The molecule has 100 valence electrons. The molecule has 0 bridgehead atoms. The second-order valence-corrected chi connectivity index (χ2v) is 4.41. The summed E-state index contributed by atoms with van der Waals surface area (Å²) in [5.74, 6) is 5.25. The fourth-order valence-corrected chi connectivity index (χ4v) is 1.83. The highest BCUT2D eigenvalue weighted by molar-refractivity contribution is 5.94. The number of nitrogen functional groups attached to an aromatic ring is 1. The Hall–Kier alpha value is -2.34. The zero-order valence-corrected chi connectivity index (χ0v) is 11.0. The van der Waals surface area contributed by atoms with Crippen molar-refractivity contribution in [2.45, 2.75) is 6.54 Å². The van der Waals surface area contributed by atoms with Crippen molar-refractivity contribution in [2.75, 3.05) is 12.5 Å². The van der Waals surface area contributed by atoms with Crippen LogP contribution >= 0.6 is 0 Å². The molecule has 0 unspecified atom stereocenters. The van der Waals surface area contributed by atoms with Gasteiger partial charge < -0.3 is 10.3 Å². The van der Waals surface area contributed by atoms with Crippen molar-refractivity contribution in [2.24, 2.45) is 12.9 Å². The molecule has 1 heterocycles. The number of carbonyl (C=O) groups is 1. The largest absolute Gasteiger partial charge is 0.337 e. The maximum Gasteiger partial charge on any atom is 0.253 e. The average molecular weight is 259 g/mol. The minimum Gasteiger partial charge on any atom is -0.337 e. The normalized spacial score (nSPS) is 10.3. The van der Waals surface area contributed by atoms with Gasteiger partial charge in [0, 0.05) is 43.7 Å². The van der Waals surface area contributed by atoms with Crippen LogP contribution < -0.4 is 11.3 Å². The lowest BCUT2D eigenvalue weighted by molar-refractivity contribution is 0.0785. The van der Waals surface area contributed by atoms with E-state index in [1.165, 1.54) is 0 Å². The van der Waals surface area contributed by atoms with E-state index >= 15 is 0 Å². The van der Waals surface area contributed by atoms with Crippen LogP contribution in [0.25, 0.3) is 0 Å². The Morgan fingerprint density at radius 2 is 2.11 bits per heavy atom. The summed E-state index contributed by atoms with van der Waals surface area (Å²) in [6.45, 7) is 0.531. The molecule has 6 nitrogen and oxygen atoms in total. The highest BCUT2D eigenvalue weighted by Gasteiger charge is 2.12. The summed E-state index contributed by atoms with van der Waals surface area (Å²) in [4.78, 5) is 13.9. The number of nitrogens with one attached hydrogen (secondary N) is 1. The van der Waals surface area contributed by atoms with Gasteiger partial charge in [-0.05, 0) is 24.3 Å². The molecule has 1 aromatic carbocycles. The first-order valence-corrected chi connectivity index (χ1v) is 5.90. The van der Waals surface area contributed by atoms with Gasteiger partial charge in [0.15, 0.2) is 0 Å². The van der Waals surface area contributed by atoms with Crippen molar-refractivity contribution < 1.29 is 4.79 Å². The number of aromatic nitrogens is 2. The number of rotatable bonds is 4. The maximum absolute atomic E-state index is 12.2. The molecule has 1 aromatic heterocycles. The lowest BCUT2D eigenvalue weighted by atomic mass is 10.2. The lowest BCUT2D eigenvalue weighted by Gasteiger charge is -2.16. The van der Waals surface area contributed by atoms with Crippen molar-refractivity contribution in [3.05, 3.63) is 47.8 Å².